The fraction of sp³-hybridized carbons (Fsp3) is 0.100. The summed E-state index contributed by atoms with van der Waals surface area (Å²) in [5.41, 5.74) is 0.109. The maximum Gasteiger partial charge on any atom is 0.334 e. The molecule has 1 rings (SSSR count). The first kappa shape index (κ1) is 10.1. The molecular formula is C10H10O4. The van der Waals surface area contributed by atoms with E-state index in [1.165, 1.54) is 19.1 Å². The van der Waals surface area contributed by atoms with E-state index in [0.717, 1.165) is 6.26 Å². The fourth-order valence-corrected chi connectivity index (χ4v) is 0.732. The Morgan fingerprint density at radius 1 is 1.36 bits per heavy atom. The molecule has 0 radical (unpaired) electrons. The van der Waals surface area contributed by atoms with Gasteiger partial charge in [-0.15, -0.1) is 0 Å². The Labute approximate surface area is 81.1 Å². The molecule has 0 saturated heterocycles. The summed E-state index contributed by atoms with van der Waals surface area (Å²) in [5.74, 6) is -0.413. The van der Waals surface area contributed by atoms with E-state index in [1.807, 2.05) is 0 Å². The number of benzene rings is 1. The summed E-state index contributed by atoms with van der Waals surface area (Å²) in [5, 5.41) is 17.5. The Balaban J connectivity index is 2.66. The molecule has 0 fully saturated rings. The molecule has 0 spiro atoms. The second-order valence-corrected chi connectivity index (χ2v) is 2.72. The molecule has 1 aromatic rings. The lowest BCUT2D eigenvalue weighted by atomic mass is 10.3. The number of aromatic hydroxyl groups is 1. The Hall–Kier alpha value is -1.97. The number of hydrogen-bond donors (Lipinski definition) is 2. The lowest BCUT2D eigenvalue weighted by molar-refractivity contribution is -0.132. The standard InChI is InChI=1S/C10H10O4/c1-7(10(12)13)6-14-9-4-2-8(11)3-5-9/h2-6,11H,1H3,(H,12,13). The Morgan fingerprint density at radius 2 is 1.93 bits per heavy atom. The van der Waals surface area contributed by atoms with Gasteiger partial charge in [-0.3, -0.25) is 0 Å². The molecule has 0 aliphatic carbocycles. The summed E-state index contributed by atoms with van der Waals surface area (Å²) in [4.78, 5) is 10.4. The van der Waals surface area contributed by atoms with E-state index in [2.05, 4.69) is 0 Å². The van der Waals surface area contributed by atoms with E-state index in [1.54, 1.807) is 12.1 Å². The van der Waals surface area contributed by atoms with Crippen LogP contribution in [0.2, 0.25) is 0 Å². The monoisotopic (exact) mass is 194 g/mol. The van der Waals surface area contributed by atoms with E-state index in [-0.39, 0.29) is 11.3 Å². The maximum atomic E-state index is 10.4. The SMILES string of the molecule is CC(=COc1ccc(O)cc1)C(=O)O. The number of carbonyl (C=O) groups is 1. The maximum absolute atomic E-state index is 10.4. The van der Waals surface area contributed by atoms with Gasteiger partial charge in [-0.1, -0.05) is 0 Å². The first-order valence-electron chi connectivity index (χ1n) is 3.95. The summed E-state index contributed by atoms with van der Waals surface area (Å²) in [6.45, 7) is 1.43. The Bertz CT molecular complexity index is 351. The van der Waals surface area contributed by atoms with Gasteiger partial charge in [0.05, 0.1) is 5.57 Å². The van der Waals surface area contributed by atoms with Crippen molar-refractivity contribution < 1.29 is 19.7 Å². The molecule has 4 nitrogen and oxygen atoms in total. The van der Waals surface area contributed by atoms with Gasteiger partial charge in [0.25, 0.3) is 0 Å². The zero-order chi connectivity index (χ0) is 10.6. The summed E-state index contributed by atoms with van der Waals surface area (Å²) >= 11 is 0. The highest BCUT2D eigenvalue weighted by molar-refractivity contribution is 5.85. The summed E-state index contributed by atoms with van der Waals surface area (Å²) < 4.78 is 5.03. The molecule has 0 saturated carbocycles. The van der Waals surface area contributed by atoms with Crippen molar-refractivity contribution in [3.63, 3.8) is 0 Å². The second kappa shape index (κ2) is 4.32. The van der Waals surface area contributed by atoms with Gasteiger partial charge >= 0.3 is 5.97 Å². The van der Waals surface area contributed by atoms with Crippen molar-refractivity contribution >= 4 is 5.97 Å². The summed E-state index contributed by atoms with van der Waals surface area (Å²) in [6, 6.07) is 6.00. The number of phenolic OH excluding ortho intramolecular Hbond substituents is 1. The highest BCUT2D eigenvalue weighted by Crippen LogP contribution is 2.16. The fourth-order valence-electron chi connectivity index (χ4n) is 0.732. The van der Waals surface area contributed by atoms with Gasteiger partial charge in [-0.2, -0.15) is 0 Å². The van der Waals surface area contributed by atoms with Crippen molar-refractivity contribution in [2.24, 2.45) is 0 Å². The van der Waals surface area contributed by atoms with Gasteiger partial charge in [0.2, 0.25) is 0 Å². The highest BCUT2D eigenvalue weighted by Gasteiger charge is 1.99. The first-order valence-corrected chi connectivity index (χ1v) is 3.95. The largest absolute Gasteiger partial charge is 0.508 e. The molecule has 0 heterocycles. The molecule has 14 heavy (non-hydrogen) atoms. The van der Waals surface area contributed by atoms with Gasteiger partial charge in [0, 0.05) is 0 Å². The van der Waals surface area contributed by atoms with Crippen molar-refractivity contribution in [1.29, 1.82) is 0 Å². The number of phenols is 1. The molecular weight excluding hydrogens is 184 g/mol. The van der Waals surface area contributed by atoms with E-state index in [0.29, 0.717) is 5.75 Å². The van der Waals surface area contributed by atoms with Crippen LogP contribution in [0.15, 0.2) is 36.1 Å². The minimum absolute atomic E-state index is 0.109. The third-order valence-corrected chi connectivity index (χ3v) is 1.55. The molecule has 0 aliphatic heterocycles. The van der Waals surface area contributed by atoms with Crippen LogP contribution >= 0.6 is 0 Å². The molecule has 4 heteroatoms. The summed E-state index contributed by atoms with van der Waals surface area (Å²) in [7, 11) is 0. The number of carboxylic acid groups (broad SMARTS) is 1. The van der Waals surface area contributed by atoms with Gasteiger partial charge in [0.1, 0.15) is 17.8 Å². The number of hydrogen-bond acceptors (Lipinski definition) is 3. The average molecular weight is 194 g/mol. The van der Waals surface area contributed by atoms with E-state index < -0.39 is 5.97 Å². The van der Waals surface area contributed by atoms with Gasteiger partial charge < -0.3 is 14.9 Å². The number of rotatable bonds is 3. The van der Waals surface area contributed by atoms with Gasteiger partial charge in [-0.25, -0.2) is 4.79 Å². The Morgan fingerprint density at radius 3 is 2.43 bits per heavy atom. The van der Waals surface area contributed by atoms with E-state index >= 15 is 0 Å². The zero-order valence-corrected chi connectivity index (χ0v) is 7.60. The van der Waals surface area contributed by atoms with Gasteiger partial charge in [-0.05, 0) is 31.2 Å². The zero-order valence-electron chi connectivity index (χ0n) is 7.60. The van der Waals surface area contributed by atoms with Crippen molar-refractivity contribution in [3.05, 3.63) is 36.1 Å². The predicted octanol–water partition coefficient (Wildman–Crippen LogP) is 1.76. The van der Waals surface area contributed by atoms with Crippen LogP contribution in [0.5, 0.6) is 11.5 Å². The van der Waals surface area contributed by atoms with Crippen LogP contribution in [0.1, 0.15) is 6.92 Å². The molecule has 0 aliphatic rings. The van der Waals surface area contributed by atoms with E-state index in [9.17, 15) is 4.79 Å². The van der Waals surface area contributed by atoms with Crippen LogP contribution in [0, 0.1) is 0 Å². The molecule has 74 valence electrons. The molecule has 2 N–H and O–H groups in total. The van der Waals surface area contributed by atoms with Crippen molar-refractivity contribution in [2.45, 2.75) is 6.92 Å². The quantitative estimate of drug-likeness (QED) is 0.568. The van der Waals surface area contributed by atoms with Crippen molar-refractivity contribution in [3.8, 4) is 11.5 Å². The number of aliphatic carboxylic acids is 1. The normalized spacial score (nSPS) is 11.1. The highest BCUT2D eigenvalue weighted by atomic mass is 16.5. The number of carboxylic acids is 1. The lowest BCUT2D eigenvalue weighted by Crippen LogP contribution is -1.97. The van der Waals surface area contributed by atoms with Crippen LogP contribution in [-0.2, 0) is 4.79 Å². The molecule has 0 aromatic heterocycles. The van der Waals surface area contributed by atoms with Crippen molar-refractivity contribution in [2.75, 3.05) is 0 Å². The van der Waals surface area contributed by atoms with Crippen molar-refractivity contribution in [1.82, 2.24) is 0 Å². The molecule has 1 aromatic carbocycles. The topological polar surface area (TPSA) is 66.8 Å². The van der Waals surface area contributed by atoms with Crippen LogP contribution in [-0.4, -0.2) is 16.2 Å². The third-order valence-electron chi connectivity index (χ3n) is 1.55. The minimum atomic E-state index is -1.02. The summed E-state index contributed by atoms with van der Waals surface area (Å²) in [6.07, 6.45) is 1.15. The Kier molecular flexibility index (Phi) is 3.12. The van der Waals surface area contributed by atoms with Crippen LogP contribution in [0.3, 0.4) is 0 Å². The third kappa shape index (κ3) is 2.82. The van der Waals surface area contributed by atoms with E-state index in [4.69, 9.17) is 14.9 Å². The van der Waals surface area contributed by atoms with Crippen LogP contribution < -0.4 is 4.74 Å². The predicted molar refractivity (Wildman–Crippen MR) is 50.1 cm³/mol. The molecule has 0 unspecified atom stereocenters. The molecule has 0 atom stereocenters. The molecule has 0 amide bonds. The lowest BCUT2D eigenvalue weighted by Gasteiger charge is -2.00. The van der Waals surface area contributed by atoms with Gasteiger partial charge in [0.15, 0.2) is 0 Å². The second-order valence-electron chi connectivity index (χ2n) is 2.72. The van der Waals surface area contributed by atoms with Crippen LogP contribution in [0.4, 0.5) is 0 Å². The minimum Gasteiger partial charge on any atom is -0.508 e. The molecule has 0 bridgehead atoms. The number of ether oxygens (including phenoxy) is 1. The average Bonchev–Trinajstić information content (AvgIpc) is 2.16. The first-order chi connectivity index (χ1) is 6.59. The van der Waals surface area contributed by atoms with Crippen LogP contribution in [0.25, 0.3) is 0 Å². The smallest absolute Gasteiger partial charge is 0.334 e.